The molecule has 2 heterocycles. The van der Waals surface area contributed by atoms with Crippen LogP contribution in [0.15, 0.2) is 6.07 Å². The molecular weight excluding hydrogens is 370 g/mol. The molecule has 0 aromatic carbocycles. The molecule has 0 atom stereocenters. The van der Waals surface area contributed by atoms with Gasteiger partial charge in [-0.2, -0.15) is 5.01 Å². The van der Waals surface area contributed by atoms with Crippen LogP contribution in [0.5, 0.6) is 0 Å². The molecule has 1 saturated heterocycles. The van der Waals surface area contributed by atoms with Crippen LogP contribution in [0, 0.1) is 6.92 Å². The second-order valence-electron chi connectivity index (χ2n) is 6.89. The lowest BCUT2D eigenvalue weighted by molar-refractivity contribution is -0.140. The van der Waals surface area contributed by atoms with Crippen molar-refractivity contribution < 1.29 is 23.9 Å². The number of hydrogen-bond donors (Lipinski definition) is 2. The van der Waals surface area contributed by atoms with Crippen LogP contribution in [0.4, 0.5) is 4.79 Å². The Morgan fingerprint density at radius 2 is 2.00 bits per heavy atom. The van der Waals surface area contributed by atoms with Gasteiger partial charge in [0.25, 0.3) is 11.8 Å². The van der Waals surface area contributed by atoms with Crippen LogP contribution >= 0.6 is 11.3 Å². The molecule has 2 fully saturated rings. The summed E-state index contributed by atoms with van der Waals surface area (Å²) in [6.07, 6.45) is 4.68. The zero-order valence-electron chi connectivity index (χ0n) is 15.4. The Labute approximate surface area is 161 Å². The highest BCUT2D eigenvalue weighted by Crippen LogP contribution is 2.33. The van der Waals surface area contributed by atoms with Gasteiger partial charge < -0.3 is 10.1 Å². The van der Waals surface area contributed by atoms with E-state index in [0.717, 1.165) is 36.1 Å². The van der Waals surface area contributed by atoms with E-state index >= 15 is 0 Å². The topological polar surface area (TPSA) is 105 Å². The van der Waals surface area contributed by atoms with E-state index in [1.165, 1.54) is 11.3 Å². The number of esters is 1. The fourth-order valence-corrected chi connectivity index (χ4v) is 4.55. The smallest absolute Gasteiger partial charge is 0.348 e. The second-order valence-corrected chi connectivity index (χ2v) is 8.03. The number of carbonyl (C=O) groups is 4. The predicted molar refractivity (Wildman–Crippen MR) is 98.1 cm³/mol. The number of aryl methyl sites for hydroxylation is 2. The Morgan fingerprint density at radius 3 is 2.63 bits per heavy atom. The summed E-state index contributed by atoms with van der Waals surface area (Å²) < 4.78 is 5.01. The maximum atomic E-state index is 12.6. The quantitative estimate of drug-likeness (QED) is 0.589. The average molecular weight is 393 g/mol. The van der Waals surface area contributed by atoms with Crippen molar-refractivity contribution in [1.82, 2.24) is 15.8 Å². The summed E-state index contributed by atoms with van der Waals surface area (Å²) in [5, 5.41) is 3.40. The Hall–Kier alpha value is -2.42. The summed E-state index contributed by atoms with van der Waals surface area (Å²) in [6, 6.07) is 1.08. The summed E-state index contributed by atoms with van der Waals surface area (Å²) >= 11 is 1.33. The minimum absolute atomic E-state index is 0.424. The Morgan fingerprint density at radius 1 is 1.30 bits per heavy atom. The van der Waals surface area contributed by atoms with Crippen LogP contribution in [0.2, 0.25) is 0 Å². The highest BCUT2D eigenvalue weighted by molar-refractivity contribution is 7.14. The van der Waals surface area contributed by atoms with Crippen molar-refractivity contribution in [2.45, 2.75) is 57.9 Å². The van der Waals surface area contributed by atoms with Gasteiger partial charge >= 0.3 is 12.0 Å². The van der Waals surface area contributed by atoms with E-state index in [4.69, 9.17) is 4.74 Å². The molecule has 1 saturated carbocycles. The van der Waals surface area contributed by atoms with Gasteiger partial charge in [0.05, 0.1) is 0 Å². The molecule has 1 aromatic rings. The number of nitrogens with one attached hydrogen (secondary N) is 2. The van der Waals surface area contributed by atoms with Crippen LogP contribution in [0.3, 0.4) is 0 Å². The monoisotopic (exact) mass is 393 g/mol. The molecule has 9 heteroatoms. The lowest BCUT2D eigenvalue weighted by atomic mass is 9.82. The van der Waals surface area contributed by atoms with Crippen molar-refractivity contribution in [3.63, 3.8) is 0 Å². The van der Waals surface area contributed by atoms with Crippen molar-refractivity contribution in [3.8, 4) is 0 Å². The lowest BCUT2D eigenvalue weighted by Gasteiger charge is -2.30. The van der Waals surface area contributed by atoms with Gasteiger partial charge in [0.1, 0.15) is 10.4 Å². The number of imide groups is 1. The van der Waals surface area contributed by atoms with Crippen molar-refractivity contribution in [3.05, 3.63) is 21.4 Å². The van der Waals surface area contributed by atoms with E-state index in [9.17, 15) is 19.2 Å². The van der Waals surface area contributed by atoms with E-state index in [0.29, 0.717) is 22.7 Å². The zero-order valence-corrected chi connectivity index (χ0v) is 16.2. The number of rotatable bonds is 5. The first kappa shape index (κ1) is 19.3. The van der Waals surface area contributed by atoms with Gasteiger partial charge in [-0.1, -0.05) is 26.2 Å². The summed E-state index contributed by atoms with van der Waals surface area (Å²) in [6.45, 7) is 3.34. The Kier molecular flexibility index (Phi) is 5.50. The molecule has 0 unspecified atom stereocenters. The second kappa shape index (κ2) is 7.67. The van der Waals surface area contributed by atoms with Crippen LogP contribution in [0.25, 0.3) is 0 Å². The largest absolute Gasteiger partial charge is 0.451 e. The first-order valence-electron chi connectivity index (χ1n) is 9.09. The fraction of sp³-hybridized carbons (Fsp3) is 0.556. The summed E-state index contributed by atoms with van der Waals surface area (Å²) in [5.41, 5.74) is 2.34. The molecule has 1 aliphatic carbocycles. The molecule has 2 N–H and O–H groups in total. The van der Waals surface area contributed by atoms with Gasteiger partial charge in [-0.25, -0.2) is 9.59 Å². The molecule has 1 aromatic heterocycles. The molecule has 3 rings (SSSR count). The fourth-order valence-electron chi connectivity index (χ4n) is 3.55. The third-order valence-electron chi connectivity index (χ3n) is 4.98. The molecule has 0 radical (unpaired) electrons. The van der Waals surface area contributed by atoms with Crippen molar-refractivity contribution >= 4 is 35.2 Å². The Balaban J connectivity index is 1.55. The maximum absolute atomic E-state index is 12.6. The molecular formula is C18H23N3O5S. The van der Waals surface area contributed by atoms with E-state index in [-0.39, 0.29) is 0 Å². The van der Waals surface area contributed by atoms with Gasteiger partial charge in [-0.3, -0.25) is 15.0 Å². The van der Waals surface area contributed by atoms with Crippen LogP contribution in [0.1, 0.15) is 59.1 Å². The average Bonchev–Trinajstić information content (AvgIpc) is 3.13. The molecule has 2 aliphatic rings. The van der Waals surface area contributed by atoms with Gasteiger partial charge in [0.15, 0.2) is 6.61 Å². The minimum atomic E-state index is -0.912. The highest BCUT2D eigenvalue weighted by Gasteiger charge is 2.52. The van der Waals surface area contributed by atoms with Gasteiger partial charge in [-0.15, -0.1) is 11.3 Å². The molecule has 0 bridgehead atoms. The number of hydrogen-bond acceptors (Lipinski definition) is 6. The lowest BCUT2D eigenvalue weighted by Crippen LogP contribution is -2.51. The maximum Gasteiger partial charge on any atom is 0.348 e. The molecule has 4 amide bonds. The number of thiophene rings is 1. The number of hydrazine groups is 1. The summed E-state index contributed by atoms with van der Waals surface area (Å²) in [4.78, 5) is 50.3. The van der Waals surface area contributed by atoms with Gasteiger partial charge in [0.2, 0.25) is 0 Å². The number of nitrogens with zero attached hydrogens (tertiary/aromatic N) is 1. The standard InChI is InChI=1S/C18H23N3O5S/c1-3-12-11(2)9-13(27-12)15(23)26-10-14(22)20-21-16(24)18(19-17(21)25)7-5-4-6-8-18/h9H,3-8,10H2,1-2H3,(H,19,25)(H,20,22). The first-order valence-corrected chi connectivity index (χ1v) is 9.90. The number of carbonyl (C=O) groups excluding carboxylic acids is 4. The molecule has 1 aliphatic heterocycles. The predicted octanol–water partition coefficient (Wildman–Crippen LogP) is 2.06. The summed E-state index contributed by atoms with van der Waals surface area (Å²) in [5.74, 6) is -1.78. The third-order valence-corrected chi connectivity index (χ3v) is 6.34. The van der Waals surface area contributed by atoms with Crippen LogP contribution < -0.4 is 10.7 Å². The zero-order chi connectivity index (χ0) is 19.6. The molecule has 8 nitrogen and oxygen atoms in total. The van der Waals surface area contributed by atoms with Crippen molar-refractivity contribution in [2.75, 3.05) is 6.61 Å². The highest BCUT2D eigenvalue weighted by atomic mass is 32.1. The number of urea groups is 1. The SMILES string of the molecule is CCc1sc(C(=O)OCC(=O)NN2C(=O)NC3(CCCCC3)C2=O)cc1C. The molecule has 146 valence electrons. The van der Waals surface area contributed by atoms with Crippen molar-refractivity contribution in [2.24, 2.45) is 0 Å². The molecule has 27 heavy (non-hydrogen) atoms. The van der Waals surface area contributed by atoms with E-state index in [2.05, 4.69) is 10.7 Å². The number of ether oxygens (including phenoxy) is 1. The van der Waals surface area contributed by atoms with Gasteiger partial charge in [-0.05, 0) is 37.8 Å². The minimum Gasteiger partial charge on any atom is -0.451 e. The van der Waals surface area contributed by atoms with E-state index < -0.39 is 36.0 Å². The van der Waals surface area contributed by atoms with Crippen LogP contribution in [-0.4, -0.2) is 41.0 Å². The normalized spacial score (nSPS) is 18.5. The van der Waals surface area contributed by atoms with E-state index in [1.807, 2.05) is 13.8 Å². The third kappa shape index (κ3) is 3.83. The van der Waals surface area contributed by atoms with Crippen molar-refractivity contribution in [1.29, 1.82) is 0 Å². The number of amides is 4. The molecule has 1 spiro atoms. The first-order chi connectivity index (χ1) is 12.9. The van der Waals surface area contributed by atoms with Gasteiger partial charge in [0, 0.05) is 4.88 Å². The van der Waals surface area contributed by atoms with E-state index in [1.54, 1.807) is 6.07 Å². The van der Waals surface area contributed by atoms with Crippen LogP contribution in [-0.2, 0) is 20.7 Å². The Bertz CT molecular complexity index is 782. The summed E-state index contributed by atoms with van der Waals surface area (Å²) in [7, 11) is 0.